The van der Waals surface area contributed by atoms with Crippen molar-refractivity contribution in [2.24, 2.45) is 17.2 Å². The molecule has 2 atom stereocenters. The molecular formula is C9H19N3O5S. The quantitative estimate of drug-likeness (QED) is 0.372. The maximum Gasteiger partial charge on any atom is 0.321 e. The average Bonchev–Trinajstić information content (AvgIpc) is 2.25. The third-order valence-electron chi connectivity index (χ3n) is 1.69. The van der Waals surface area contributed by atoms with Gasteiger partial charge in [0.2, 0.25) is 5.91 Å². The number of primary amides is 1. The third kappa shape index (κ3) is 12.7. The number of carbonyl (C=O) groups is 3. The molecule has 9 heteroatoms. The number of hydrogen-bond acceptors (Lipinski definition) is 6. The van der Waals surface area contributed by atoms with Crippen molar-refractivity contribution >= 4 is 29.6 Å². The Hall–Kier alpha value is -1.32. The van der Waals surface area contributed by atoms with E-state index in [9.17, 15) is 14.4 Å². The Labute approximate surface area is 109 Å². The van der Waals surface area contributed by atoms with Crippen molar-refractivity contribution in [2.45, 2.75) is 24.9 Å². The number of carboxylic acids is 2. The van der Waals surface area contributed by atoms with E-state index in [0.29, 0.717) is 6.42 Å². The van der Waals surface area contributed by atoms with Crippen molar-refractivity contribution in [2.75, 3.05) is 12.0 Å². The van der Waals surface area contributed by atoms with Crippen molar-refractivity contribution in [3.8, 4) is 0 Å². The fraction of sp³-hybridized carbons (Fsp3) is 0.667. The predicted octanol–water partition coefficient (Wildman–Crippen LogP) is -1.57. The van der Waals surface area contributed by atoms with Crippen LogP contribution in [-0.2, 0) is 14.4 Å². The molecule has 8 nitrogen and oxygen atoms in total. The number of carboxylic acid groups (broad SMARTS) is 2. The third-order valence-corrected chi connectivity index (χ3v) is 2.33. The molecule has 0 unspecified atom stereocenters. The lowest BCUT2D eigenvalue weighted by Gasteiger charge is -2.02. The van der Waals surface area contributed by atoms with Crippen LogP contribution < -0.4 is 17.2 Å². The highest BCUT2D eigenvalue weighted by Gasteiger charge is 2.13. The Morgan fingerprint density at radius 3 is 1.78 bits per heavy atom. The van der Waals surface area contributed by atoms with Crippen LogP contribution in [-0.4, -0.2) is 52.2 Å². The molecule has 0 aromatic heterocycles. The molecule has 0 fully saturated rings. The molecule has 0 aliphatic carbocycles. The van der Waals surface area contributed by atoms with Crippen molar-refractivity contribution in [3.05, 3.63) is 0 Å². The van der Waals surface area contributed by atoms with Gasteiger partial charge in [0.15, 0.2) is 0 Å². The highest BCUT2D eigenvalue weighted by atomic mass is 32.2. The summed E-state index contributed by atoms with van der Waals surface area (Å²) >= 11 is 1.60. The van der Waals surface area contributed by atoms with Crippen molar-refractivity contribution in [3.63, 3.8) is 0 Å². The number of amides is 1. The molecule has 0 rings (SSSR count). The topological polar surface area (TPSA) is 170 Å². The minimum atomic E-state index is -1.21. The lowest BCUT2D eigenvalue weighted by Crippen LogP contribution is -2.34. The van der Waals surface area contributed by atoms with Gasteiger partial charge in [-0.15, -0.1) is 0 Å². The number of carbonyl (C=O) groups excluding carboxylic acids is 1. The number of nitrogens with two attached hydrogens (primary N) is 3. The summed E-state index contributed by atoms with van der Waals surface area (Å²) < 4.78 is 0. The van der Waals surface area contributed by atoms with Gasteiger partial charge in [-0.25, -0.2) is 0 Å². The van der Waals surface area contributed by atoms with Gasteiger partial charge in [-0.05, 0) is 18.4 Å². The lowest BCUT2D eigenvalue weighted by molar-refractivity contribution is -0.140. The summed E-state index contributed by atoms with van der Waals surface area (Å²) in [5.41, 5.74) is 14.8. The molecule has 0 aromatic rings. The first-order valence-corrected chi connectivity index (χ1v) is 6.35. The minimum absolute atomic E-state index is 0.310. The van der Waals surface area contributed by atoms with Crippen molar-refractivity contribution in [1.29, 1.82) is 0 Å². The second-order valence-corrected chi connectivity index (χ2v) is 4.33. The maximum absolute atomic E-state index is 10.1. The Morgan fingerprint density at radius 1 is 1.11 bits per heavy atom. The zero-order valence-electron chi connectivity index (χ0n) is 10.0. The van der Waals surface area contributed by atoms with Gasteiger partial charge in [-0.3, -0.25) is 14.4 Å². The minimum Gasteiger partial charge on any atom is -0.480 e. The molecule has 0 aliphatic rings. The van der Waals surface area contributed by atoms with E-state index in [-0.39, 0.29) is 6.42 Å². The van der Waals surface area contributed by atoms with E-state index in [1.54, 1.807) is 11.8 Å². The Morgan fingerprint density at radius 2 is 1.56 bits per heavy atom. The second-order valence-electron chi connectivity index (χ2n) is 3.34. The van der Waals surface area contributed by atoms with Crippen LogP contribution in [0.5, 0.6) is 0 Å². The van der Waals surface area contributed by atoms with E-state index in [1.807, 2.05) is 6.26 Å². The van der Waals surface area contributed by atoms with Crippen LogP contribution in [0.25, 0.3) is 0 Å². The van der Waals surface area contributed by atoms with Crippen LogP contribution in [0, 0.1) is 0 Å². The molecule has 0 bridgehead atoms. The van der Waals surface area contributed by atoms with E-state index in [2.05, 4.69) is 5.73 Å². The Bertz CT molecular complexity index is 287. The molecule has 0 spiro atoms. The molecule has 0 radical (unpaired) electrons. The predicted molar refractivity (Wildman–Crippen MR) is 68.0 cm³/mol. The first-order valence-electron chi connectivity index (χ1n) is 4.96. The molecule has 0 heterocycles. The molecule has 106 valence electrons. The zero-order valence-corrected chi connectivity index (χ0v) is 10.9. The van der Waals surface area contributed by atoms with Gasteiger partial charge in [0.1, 0.15) is 12.1 Å². The molecule has 0 aliphatic heterocycles. The van der Waals surface area contributed by atoms with E-state index < -0.39 is 29.9 Å². The Kier molecular flexibility index (Phi) is 11.4. The summed E-state index contributed by atoms with van der Waals surface area (Å²) in [6.07, 6.45) is 2.17. The van der Waals surface area contributed by atoms with Gasteiger partial charge in [-0.1, -0.05) is 0 Å². The van der Waals surface area contributed by atoms with Crippen LogP contribution in [0.4, 0.5) is 0 Å². The Balaban J connectivity index is 0. The van der Waals surface area contributed by atoms with Crippen molar-refractivity contribution in [1.82, 2.24) is 0 Å². The molecule has 0 aromatic carbocycles. The summed E-state index contributed by atoms with van der Waals surface area (Å²) in [4.78, 5) is 30.0. The van der Waals surface area contributed by atoms with E-state index in [4.69, 9.17) is 21.7 Å². The molecular weight excluding hydrogens is 262 g/mol. The largest absolute Gasteiger partial charge is 0.480 e. The second kappa shape index (κ2) is 10.8. The zero-order chi connectivity index (χ0) is 14.7. The molecule has 1 amide bonds. The smallest absolute Gasteiger partial charge is 0.321 e. The van der Waals surface area contributed by atoms with Gasteiger partial charge in [0.25, 0.3) is 0 Å². The van der Waals surface area contributed by atoms with E-state index >= 15 is 0 Å². The van der Waals surface area contributed by atoms with Crippen molar-refractivity contribution < 1.29 is 24.6 Å². The van der Waals surface area contributed by atoms with E-state index in [0.717, 1.165) is 5.75 Å². The van der Waals surface area contributed by atoms with Crippen LogP contribution in [0.2, 0.25) is 0 Å². The molecule has 18 heavy (non-hydrogen) atoms. The molecule has 8 N–H and O–H groups in total. The lowest BCUT2D eigenvalue weighted by atomic mass is 10.2. The average molecular weight is 281 g/mol. The maximum atomic E-state index is 10.1. The summed E-state index contributed by atoms with van der Waals surface area (Å²) in [6, 6.07) is -1.85. The standard InChI is InChI=1S/C5H11NO2S.C4H8N2O3/c1-9-3-2-4(6)5(7)8;5-2(4(8)9)1-3(6)7/h4H,2-3,6H2,1H3,(H,7,8);2H,1,5H2,(H2,6,7)(H,8,9)/t4-;2-/m00/s1. The highest BCUT2D eigenvalue weighted by Crippen LogP contribution is 1.97. The fourth-order valence-electron chi connectivity index (χ4n) is 0.672. The summed E-state index contributed by atoms with van der Waals surface area (Å²) in [5.74, 6) is -2.02. The van der Waals surface area contributed by atoms with Crippen LogP contribution >= 0.6 is 11.8 Å². The number of rotatable bonds is 7. The number of hydrogen-bond donors (Lipinski definition) is 5. The first kappa shape index (κ1) is 19.0. The van der Waals surface area contributed by atoms with Crippen LogP contribution in [0.15, 0.2) is 0 Å². The fourth-order valence-corrected chi connectivity index (χ4v) is 1.16. The van der Waals surface area contributed by atoms with Gasteiger partial charge in [-0.2, -0.15) is 11.8 Å². The molecule has 0 saturated carbocycles. The van der Waals surface area contributed by atoms with Gasteiger partial charge >= 0.3 is 11.9 Å². The summed E-state index contributed by atoms with van der Waals surface area (Å²) in [6.45, 7) is 0. The van der Waals surface area contributed by atoms with E-state index in [1.165, 1.54) is 0 Å². The summed E-state index contributed by atoms with van der Waals surface area (Å²) in [7, 11) is 0. The summed E-state index contributed by atoms with van der Waals surface area (Å²) in [5, 5.41) is 16.4. The highest BCUT2D eigenvalue weighted by molar-refractivity contribution is 7.98. The number of thioether (sulfide) groups is 1. The monoisotopic (exact) mass is 281 g/mol. The van der Waals surface area contributed by atoms with Gasteiger partial charge < -0.3 is 27.4 Å². The van der Waals surface area contributed by atoms with Crippen LogP contribution in [0.1, 0.15) is 12.8 Å². The van der Waals surface area contributed by atoms with Gasteiger partial charge in [0.05, 0.1) is 6.42 Å². The molecule has 0 saturated heterocycles. The SMILES string of the molecule is CSCC[C@H](N)C(=O)O.NC(=O)C[C@H](N)C(=O)O. The van der Waals surface area contributed by atoms with Crippen LogP contribution in [0.3, 0.4) is 0 Å². The normalized spacial score (nSPS) is 12.8. The van der Waals surface area contributed by atoms with Gasteiger partial charge in [0, 0.05) is 0 Å². The number of aliphatic carboxylic acids is 2. The first-order chi connectivity index (χ1) is 8.22.